The molecule has 2 N–H and O–H groups in total. The molecule has 6 heteroatoms. The molecule has 1 atom stereocenters. The summed E-state index contributed by atoms with van der Waals surface area (Å²) in [6.07, 6.45) is 0. The van der Waals surface area contributed by atoms with Gasteiger partial charge in [-0.05, 0) is 37.7 Å². The second-order valence-corrected chi connectivity index (χ2v) is 5.80. The fourth-order valence-corrected chi connectivity index (χ4v) is 2.02. The van der Waals surface area contributed by atoms with Gasteiger partial charge < -0.3 is 10.4 Å². The van der Waals surface area contributed by atoms with Crippen molar-refractivity contribution in [3.8, 4) is 0 Å². The van der Waals surface area contributed by atoms with E-state index in [0.717, 1.165) is 15.7 Å². The van der Waals surface area contributed by atoms with Crippen LogP contribution in [0.5, 0.6) is 0 Å². The smallest absolute Gasteiger partial charge is 0.307 e. The lowest BCUT2D eigenvalue weighted by Gasteiger charge is -2.18. The summed E-state index contributed by atoms with van der Waals surface area (Å²) in [6, 6.07) is 5.57. The van der Waals surface area contributed by atoms with Gasteiger partial charge in [0.05, 0.1) is 12.5 Å². The standard InChI is InChI=1S/C14H19BrN2O3/c1-9-6-11(4-5-12(9)15)16-13(18)8-17(3)7-10(2)14(19)20/h4-6,10H,7-8H2,1-3H3,(H,16,18)(H,19,20). The molecule has 110 valence electrons. The molecule has 0 spiro atoms. The van der Waals surface area contributed by atoms with E-state index in [-0.39, 0.29) is 12.5 Å². The molecule has 1 aromatic rings. The Kier molecular flexibility index (Phi) is 6.16. The van der Waals surface area contributed by atoms with Crippen molar-refractivity contribution in [3.63, 3.8) is 0 Å². The first-order valence-electron chi connectivity index (χ1n) is 6.27. The maximum atomic E-state index is 11.9. The molecule has 0 aromatic heterocycles. The van der Waals surface area contributed by atoms with Crippen molar-refractivity contribution in [2.45, 2.75) is 13.8 Å². The molecule has 1 aromatic carbocycles. The maximum absolute atomic E-state index is 11.9. The second kappa shape index (κ2) is 7.40. The predicted octanol–water partition coefficient (Wildman–Crippen LogP) is 2.35. The van der Waals surface area contributed by atoms with E-state index in [9.17, 15) is 9.59 Å². The van der Waals surface area contributed by atoms with Gasteiger partial charge in [-0.3, -0.25) is 14.5 Å². The molecule has 0 saturated heterocycles. The molecule has 20 heavy (non-hydrogen) atoms. The first kappa shape index (κ1) is 16.7. The lowest BCUT2D eigenvalue weighted by atomic mass is 10.2. The highest BCUT2D eigenvalue weighted by atomic mass is 79.9. The summed E-state index contributed by atoms with van der Waals surface area (Å²) in [5.41, 5.74) is 1.77. The molecule has 5 nitrogen and oxygen atoms in total. The molecule has 0 aliphatic rings. The van der Waals surface area contributed by atoms with Crippen LogP contribution in [0.3, 0.4) is 0 Å². The third kappa shape index (κ3) is 5.30. The number of anilines is 1. The number of hydrogen-bond acceptors (Lipinski definition) is 3. The van der Waals surface area contributed by atoms with Gasteiger partial charge in [-0.25, -0.2) is 0 Å². The van der Waals surface area contributed by atoms with E-state index in [1.807, 2.05) is 25.1 Å². The van der Waals surface area contributed by atoms with Crippen molar-refractivity contribution in [1.29, 1.82) is 0 Å². The van der Waals surface area contributed by atoms with Crippen LogP contribution >= 0.6 is 15.9 Å². The number of carbonyl (C=O) groups is 2. The Morgan fingerprint density at radius 1 is 1.45 bits per heavy atom. The number of nitrogens with one attached hydrogen (secondary N) is 1. The van der Waals surface area contributed by atoms with Crippen molar-refractivity contribution in [2.75, 3.05) is 25.5 Å². The highest BCUT2D eigenvalue weighted by molar-refractivity contribution is 9.10. The van der Waals surface area contributed by atoms with E-state index in [4.69, 9.17) is 5.11 Å². The number of benzene rings is 1. The maximum Gasteiger partial charge on any atom is 0.307 e. The minimum Gasteiger partial charge on any atom is -0.481 e. The number of halogens is 1. The summed E-state index contributed by atoms with van der Waals surface area (Å²) in [5, 5.41) is 11.6. The van der Waals surface area contributed by atoms with Gasteiger partial charge in [-0.1, -0.05) is 22.9 Å². The first-order valence-corrected chi connectivity index (χ1v) is 7.06. The number of hydrogen-bond donors (Lipinski definition) is 2. The number of likely N-dealkylation sites (N-methyl/N-ethyl adjacent to an activating group) is 1. The van der Waals surface area contributed by atoms with Crippen LogP contribution in [-0.2, 0) is 9.59 Å². The Bertz CT molecular complexity index is 505. The fourth-order valence-electron chi connectivity index (χ4n) is 1.78. The summed E-state index contributed by atoms with van der Waals surface area (Å²) in [7, 11) is 1.73. The SMILES string of the molecule is Cc1cc(NC(=O)CN(C)CC(C)C(=O)O)ccc1Br. The Labute approximate surface area is 127 Å². The van der Waals surface area contributed by atoms with Crippen LogP contribution in [-0.4, -0.2) is 42.0 Å². The Morgan fingerprint density at radius 2 is 2.10 bits per heavy atom. The van der Waals surface area contributed by atoms with Crippen molar-refractivity contribution in [2.24, 2.45) is 5.92 Å². The van der Waals surface area contributed by atoms with E-state index in [1.54, 1.807) is 18.9 Å². The molecule has 0 aliphatic carbocycles. The number of nitrogens with zero attached hydrogens (tertiary/aromatic N) is 1. The van der Waals surface area contributed by atoms with Gasteiger partial charge in [-0.2, -0.15) is 0 Å². The molecular formula is C14H19BrN2O3. The zero-order valence-corrected chi connectivity index (χ0v) is 13.4. The predicted molar refractivity (Wildman–Crippen MR) is 81.8 cm³/mol. The van der Waals surface area contributed by atoms with Crippen molar-refractivity contribution >= 4 is 33.5 Å². The number of rotatable bonds is 6. The lowest BCUT2D eigenvalue weighted by Crippen LogP contribution is -2.35. The van der Waals surface area contributed by atoms with E-state index in [1.165, 1.54) is 0 Å². The summed E-state index contributed by atoms with van der Waals surface area (Å²) in [5.74, 6) is -1.52. The molecular weight excluding hydrogens is 324 g/mol. The van der Waals surface area contributed by atoms with Crippen LogP contribution in [0.15, 0.2) is 22.7 Å². The van der Waals surface area contributed by atoms with E-state index < -0.39 is 11.9 Å². The molecule has 0 radical (unpaired) electrons. The van der Waals surface area contributed by atoms with E-state index in [2.05, 4.69) is 21.2 Å². The largest absolute Gasteiger partial charge is 0.481 e. The normalized spacial score (nSPS) is 12.2. The van der Waals surface area contributed by atoms with Crippen LogP contribution in [0.4, 0.5) is 5.69 Å². The monoisotopic (exact) mass is 342 g/mol. The van der Waals surface area contributed by atoms with Crippen LogP contribution in [0.25, 0.3) is 0 Å². The van der Waals surface area contributed by atoms with Crippen LogP contribution < -0.4 is 5.32 Å². The topological polar surface area (TPSA) is 69.6 Å². The van der Waals surface area contributed by atoms with Gasteiger partial charge in [0.25, 0.3) is 0 Å². The van der Waals surface area contributed by atoms with Crippen LogP contribution in [0, 0.1) is 12.8 Å². The van der Waals surface area contributed by atoms with Crippen LogP contribution in [0.1, 0.15) is 12.5 Å². The fraction of sp³-hybridized carbons (Fsp3) is 0.429. The van der Waals surface area contributed by atoms with Gasteiger partial charge in [0.1, 0.15) is 0 Å². The van der Waals surface area contributed by atoms with Crippen LogP contribution in [0.2, 0.25) is 0 Å². The summed E-state index contributed by atoms with van der Waals surface area (Å²) >= 11 is 3.40. The Balaban J connectivity index is 2.50. The molecule has 1 rings (SSSR count). The average molecular weight is 343 g/mol. The second-order valence-electron chi connectivity index (χ2n) is 4.95. The minimum absolute atomic E-state index is 0.159. The third-order valence-corrected chi connectivity index (χ3v) is 3.75. The highest BCUT2D eigenvalue weighted by Gasteiger charge is 2.15. The highest BCUT2D eigenvalue weighted by Crippen LogP contribution is 2.19. The number of carboxylic acid groups (broad SMARTS) is 1. The number of aliphatic carboxylic acids is 1. The molecule has 0 heterocycles. The van der Waals surface area contributed by atoms with Crippen molar-refractivity contribution in [1.82, 2.24) is 4.90 Å². The average Bonchev–Trinajstić information content (AvgIpc) is 2.33. The quantitative estimate of drug-likeness (QED) is 0.832. The van der Waals surface area contributed by atoms with E-state index >= 15 is 0 Å². The lowest BCUT2D eigenvalue weighted by molar-refractivity contribution is -0.141. The number of carbonyl (C=O) groups excluding carboxylic acids is 1. The summed E-state index contributed by atoms with van der Waals surface area (Å²) in [6.45, 7) is 4.06. The van der Waals surface area contributed by atoms with Gasteiger partial charge in [0, 0.05) is 16.7 Å². The molecule has 0 fully saturated rings. The van der Waals surface area contributed by atoms with Gasteiger partial charge >= 0.3 is 5.97 Å². The number of amides is 1. The van der Waals surface area contributed by atoms with Crippen molar-refractivity contribution in [3.05, 3.63) is 28.2 Å². The van der Waals surface area contributed by atoms with E-state index in [0.29, 0.717) is 6.54 Å². The zero-order chi connectivity index (χ0) is 15.3. The summed E-state index contributed by atoms with van der Waals surface area (Å²) < 4.78 is 0.989. The molecule has 0 aliphatic heterocycles. The number of carboxylic acids is 1. The van der Waals surface area contributed by atoms with Crippen molar-refractivity contribution < 1.29 is 14.7 Å². The molecule has 1 amide bonds. The Hall–Kier alpha value is -1.40. The number of aryl methyl sites for hydroxylation is 1. The molecule has 0 bridgehead atoms. The first-order chi connectivity index (χ1) is 9.29. The molecule has 0 saturated carbocycles. The van der Waals surface area contributed by atoms with Gasteiger partial charge in [-0.15, -0.1) is 0 Å². The third-order valence-electron chi connectivity index (χ3n) is 2.86. The molecule has 1 unspecified atom stereocenters. The zero-order valence-electron chi connectivity index (χ0n) is 11.8. The van der Waals surface area contributed by atoms with Gasteiger partial charge in [0.2, 0.25) is 5.91 Å². The minimum atomic E-state index is -0.860. The summed E-state index contributed by atoms with van der Waals surface area (Å²) in [4.78, 5) is 24.3. The van der Waals surface area contributed by atoms with Gasteiger partial charge in [0.15, 0.2) is 0 Å². The Morgan fingerprint density at radius 3 is 2.65 bits per heavy atom.